The number of ether oxygens (including phenoxy) is 1. The van der Waals surface area contributed by atoms with Crippen LogP contribution >= 0.6 is 0 Å². The normalized spacial score (nSPS) is 16.5. The van der Waals surface area contributed by atoms with Gasteiger partial charge < -0.3 is 9.64 Å². The van der Waals surface area contributed by atoms with Crippen LogP contribution < -0.4 is 4.74 Å². The van der Waals surface area contributed by atoms with E-state index in [1.807, 2.05) is 38.2 Å². The lowest BCUT2D eigenvalue weighted by Crippen LogP contribution is -2.40. The van der Waals surface area contributed by atoms with Crippen LogP contribution in [0.25, 0.3) is 0 Å². The Kier molecular flexibility index (Phi) is 4.35. The third-order valence-corrected chi connectivity index (χ3v) is 3.60. The van der Waals surface area contributed by atoms with Crippen molar-refractivity contribution in [1.29, 1.82) is 0 Å². The molecular formula is C17H21N3O2. The van der Waals surface area contributed by atoms with E-state index in [-0.39, 0.29) is 5.91 Å². The van der Waals surface area contributed by atoms with E-state index in [0.717, 1.165) is 5.56 Å². The number of benzene rings is 1. The molecule has 0 N–H and O–H groups in total. The third-order valence-electron chi connectivity index (χ3n) is 3.60. The van der Waals surface area contributed by atoms with Crippen molar-refractivity contribution in [2.24, 2.45) is 4.99 Å². The van der Waals surface area contributed by atoms with Crippen LogP contribution in [-0.4, -0.2) is 35.7 Å². The van der Waals surface area contributed by atoms with Gasteiger partial charge in [0.05, 0.1) is 5.57 Å². The number of hydrogen-bond acceptors (Lipinski definition) is 4. The van der Waals surface area contributed by atoms with Crippen LogP contribution in [0.15, 0.2) is 53.1 Å². The average molecular weight is 299 g/mol. The van der Waals surface area contributed by atoms with E-state index in [0.29, 0.717) is 28.9 Å². The summed E-state index contributed by atoms with van der Waals surface area (Å²) in [4.78, 5) is 19.9. The molecule has 0 saturated heterocycles. The lowest BCUT2D eigenvalue weighted by atomic mass is 10.2. The Morgan fingerprint density at radius 1 is 1.14 bits per heavy atom. The lowest BCUT2D eigenvalue weighted by molar-refractivity contribution is -0.126. The van der Waals surface area contributed by atoms with E-state index in [9.17, 15) is 4.79 Å². The first kappa shape index (κ1) is 15.8. The summed E-state index contributed by atoms with van der Waals surface area (Å²) in [7, 11) is 3.52. The van der Waals surface area contributed by atoms with Gasteiger partial charge in [0.25, 0.3) is 5.91 Å². The highest BCUT2D eigenvalue weighted by Crippen LogP contribution is 2.25. The molecule has 5 nitrogen and oxygen atoms in total. The standard InChI is InChI=1S/C17H21N3O2/c1-11-7-9-15(10-8-11)22-13(3)18-16-12(2)17(21)20(6)14(4)19(16)5/h7-10H,4H2,1-3,5-6H3/b18-13+. The molecule has 1 amide bonds. The minimum Gasteiger partial charge on any atom is -0.443 e. The van der Waals surface area contributed by atoms with Crippen LogP contribution in [0.4, 0.5) is 0 Å². The van der Waals surface area contributed by atoms with Crippen LogP contribution in [-0.2, 0) is 4.79 Å². The van der Waals surface area contributed by atoms with Crippen LogP contribution in [0.1, 0.15) is 19.4 Å². The van der Waals surface area contributed by atoms with Crippen LogP contribution in [0.3, 0.4) is 0 Å². The molecule has 1 aromatic carbocycles. The Balaban J connectivity index is 2.28. The second-order valence-electron chi connectivity index (χ2n) is 5.33. The Morgan fingerprint density at radius 3 is 2.32 bits per heavy atom. The summed E-state index contributed by atoms with van der Waals surface area (Å²) < 4.78 is 5.70. The van der Waals surface area contributed by atoms with Crippen molar-refractivity contribution in [3.63, 3.8) is 0 Å². The molecule has 1 aromatic rings. The van der Waals surface area contributed by atoms with E-state index in [4.69, 9.17) is 4.74 Å². The maximum absolute atomic E-state index is 12.1. The second-order valence-corrected chi connectivity index (χ2v) is 5.33. The van der Waals surface area contributed by atoms with Gasteiger partial charge in [-0.3, -0.25) is 9.69 Å². The fraction of sp³-hybridized carbons (Fsp3) is 0.294. The molecule has 0 aromatic heterocycles. The van der Waals surface area contributed by atoms with Gasteiger partial charge in [0, 0.05) is 21.0 Å². The highest BCUT2D eigenvalue weighted by atomic mass is 16.5. The van der Waals surface area contributed by atoms with E-state index in [1.165, 1.54) is 4.90 Å². The van der Waals surface area contributed by atoms with Crippen LogP contribution in [0, 0.1) is 6.92 Å². The van der Waals surface area contributed by atoms with Crippen molar-refractivity contribution >= 4 is 11.8 Å². The van der Waals surface area contributed by atoms with Crippen molar-refractivity contribution in [3.05, 3.63) is 53.6 Å². The van der Waals surface area contributed by atoms with Crippen molar-refractivity contribution in [3.8, 4) is 5.75 Å². The summed E-state index contributed by atoms with van der Waals surface area (Å²) in [5, 5.41) is 0. The van der Waals surface area contributed by atoms with E-state index >= 15 is 0 Å². The second kappa shape index (κ2) is 6.05. The SMILES string of the molecule is C=C1N(C)C(=O)C(C)=C(/N=C(\C)Oc2ccc(C)cc2)N1C. The fourth-order valence-corrected chi connectivity index (χ4v) is 2.17. The van der Waals surface area contributed by atoms with Crippen molar-refractivity contribution in [2.75, 3.05) is 14.1 Å². The van der Waals surface area contributed by atoms with Gasteiger partial charge >= 0.3 is 0 Å². The van der Waals surface area contributed by atoms with Gasteiger partial charge in [-0.1, -0.05) is 24.3 Å². The van der Waals surface area contributed by atoms with Gasteiger partial charge in [-0.15, -0.1) is 0 Å². The molecule has 0 radical (unpaired) electrons. The Labute approximate surface area is 131 Å². The topological polar surface area (TPSA) is 45.1 Å². The minimum atomic E-state index is -0.106. The Hall–Kier alpha value is -2.56. The lowest BCUT2D eigenvalue weighted by Gasteiger charge is -2.34. The van der Waals surface area contributed by atoms with Gasteiger partial charge in [-0.2, -0.15) is 4.99 Å². The number of likely N-dealkylation sites (N-methyl/N-ethyl adjacent to an activating group) is 1. The summed E-state index contributed by atoms with van der Waals surface area (Å²) in [6, 6.07) is 7.72. The highest BCUT2D eigenvalue weighted by molar-refractivity contribution is 5.96. The molecule has 2 rings (SSSR count). The minimum absolute atomic E-state index is 0.106. The first-order valence-corrected chi connectivity index (χ1v) is 7.02. The number of carbonyl (C=O) groups is 1. The highest BCUT2D eigenvalue weighted by Gasteiger charge is 2.28. The first-order valence-electron chi connectivity index (χ1n) is 7.02. The predicted octanol–water partition coefficient (Wildman–Crippen LogP) is 2.90. The molecule has 1 aliphatic heterocycles. The van der Waals surface area contributed by atoms with Gasteiger partial charge in [0.15, 0.2) is 5.90 Å². The zero-order valence-electron chi connectivity index (χ0n) is 13.7. The summed E-state index contributed by atoms with van der Waals surface area (Å²) in [6.45, 7) is 9.43. The first-order chi connectivity index (χ1) is 10.3. The summed E-state index contributed by atoms with van der Waals surface area (Å²) in [5.74, 6) is 2.21. The molecule has 0 spiro atoms. The quantitative estimate of drug-likeness (QED) is 0.623. The van der Waals surface area contributed by atoms with Gasteiger partial charge in [-0.05, 0) is 26.0 Å². The number of aliphatic imine (C=N–C) groups is 1. The molecule has 0 fully saturated rings. The van der Waals surface area contributed by atoms with E-state index in [1.54, 1.807) is 25.8 Å². The molecule has 1 aliphatic rings. The predicted molar refractivity (Wildman–Crippen MR) is 87.3 cm³/mol. The Bertz CT molecular complexity index is 672. The molecule has 0 atom stereocenters. The van der Waals surface area contributed by atoms with E-state index in [2.05, 4.69) is 11.6 Å². The molecule has 0 unspecified atom stereocenters. The number of rotatable bonds is 2. The number of amides is 1. The van der Waals surface area contributed by atoms with Crippen LogP contribution in [0.5, 0.6) is 5.75 Å². The zero-order valence-corrected chi connectivity index (χ0v) is 13.7. The molecule has 5 heteroatoms. The molecule has 1 heterocycles. The van der Waals surface area contributed by atoms with E-state index < -0.39 is 0 Å². The molecule has 0 bridgehead atoms. The fourth-order valence-electron chi connectivity index (χ4n) is 2.17. The van der Waals surface area contributed by atoms with Crippen molar-refractivity contribution in [2.45, 2.75) is 20.8 Å². The van der Waals surface area contributed by atoms with Gasteiger partial charge in [0.1, 0.15) is 17.4 Å². The number of nitrogens with zero attached hydrogens (tertiary/aromatic N) is 3. The number of aryl methyl sites for hydroxylation is 1. The third kappa shape index (κ3) is 3.03. The largest absolute Gasteiger partial charge is 0.443 e. The summed E-state index contributed by atoms with van der Waals surface area (Å²) in [6.07, 6.45) is 0. The monoisotopic (exact) mass is 299 g/mol. The average Bonchev–Trinajstić information content (AvgIpc) is 2.50. The number of hydrogen-bond donors (Lipinski definition) is 0. The smallest absolute Gasteiger partial charge is 0.258 e. The molecule has 22 heavy (non-hydrogen) atoms. The Morgan fingerprint density at radius 2 is 1.73 bits per heavy atom. The number of carbonyl (C=O) groups excluding carboxylic acids is 1. The summed E-state index contributed by atoms with van der Waals surface area (Å²) in [5.41, 5.74) is 1.72. The molecule has 0 saturated carbocycles. The molecule has 0 aliphatic carbocycles. The summed E-state index contributed by atoms with van der Waals surface area (Å²) >= 11 is 0. The maximum atomic E-state index is 12.1. The van der Waals surface area contributed by atoms with Crippen molar-refractivity contribution in [1.82, 2.24) is 9.80 Å². The van der Waals surface area contributed by atoms with Gasteiger partial charge in [0.2, 0.25) is 0 Å². The molecular weight excluding hydrogens is 278 g/mol. The molecule has 116 valence electrons. The van der Waals surface area contributed by atoms with Crippen LogP contribution in [0.2, 0.25) is 0 Å². The zero-order chi connectivity index (χ0) is 16.4. The van der Waals surface area contributed by atoms with Gasteiger partial charge in [-0.25, -0.2) is 0 Å². The maximum Gasteiger partial charge on any atom is 0.258 e. The van der Waals surface area contributed by atoms with Crippen molar-refractivity contribution < 1.29 is 9.53 Å².